The first kappa shape index (κ1) is 10.1. The van der Waals surface area contributed by atoms with Crippen LogP contribution >= 0.6 is 0 Å². The molecular formula is C11H13NO3. The largest absolute Gasteiger partial charge is 0.386 e. The van der Waals surface area contributed by atoms with Gasteiger partial charge in [0.05, 0.1) is 6.04 Å². The van der Waals surface area contributed by atoms with E-state index in [4.69, 9.17) is 0 Å². The van der Waals surface area contributed by atoms with Crippen molar-refractivity contribution in [2.45, 2.75) is 26.0 Å². The lowest BCUT2D eigenvalue weighted by molar-refractivity contribution is -0.131. The number of ketones is 2. The number of rotatable bonds is 1. The zero-order valence-electron chi connectivity index (χ0n) is 8.73. The Morgan fingerprint density at radius 2 is 1.93 bits per heavy atom. The SMILES string of the molecule is CCN1C2=CC(=O)C(=O)C=C2C(O)C1C. The molecule has 1 heterocycles. The zero-order chi connectivity index (χ0) is 11.2. The van der Waals surface area contributed by atoms with Crippen molar-refractivity contribution in [1.82, 2.24) is 4.90 Å². The van der Waals surface area contributed by atoms with Gasteiger partial charge in [-0.25, -0.2) is 0 Å². The number of likely N-dealkylation sites (tertiary alicyclic amines) is 1. The molecule has 1 fully saturated rings. The summed E-state index contributed by atoms with van der Waals surface area (Å²) in [6, 6.07) is -0.0776. The third-order valence-electron chi connectivity index (χ3n) is 3.01. The summed E-state index contributed by atoms with van der Waals surface area (Å²) in [7, 11) is 0. The number of likely N-dealkylation sites (N-methyl/N-ethyl adjacent to an activating group) is 1. The average Bonchev–Trinajstić information content (AvgIpc) is 2.42. The van der Waals surface area contributed by atoms with Crippen LogP contribution in [0.3, 0.4) is 0 Å². The first-order valence-corrected chi connectivity index (χ1v) is 5.03. The molecule has 4 heteroatoms. The summed E-state index contributed by atoms with van der Waals surface area (Å²) < 4.78 is 0. The van der Waals surface area contributed by atoms with Crippen LogP contribution in [0.2, 0.25) is 0 Å². The van der Waals surface area contributed by atoms with Gasteiger partial charge in [-0.1, -0.05) is 0 Å². The normalized spacial score (nSPS) is 30.2. The van der Waals surface area contributed by atoms with E-state index in [0.29, 0.717) is 17.8 Å². The average molecular weight is 207 g/mol. The van der Waals surface area contributed by atoms with Crippen LogP contribution in [0.4, 0.5) is 0 Å². The third kappa shape index (κ3) is 1.33. The van der Waals surface area contributed by atoms with Crippen LogP contribution in [0.15, 0.2) is 23.4 Å². The summed E-state index contributed by atoms with van der Waals surface area (Å²) in [4.78, 5) is 24.3. The smallest absolute Gasteiger partial charge is 0.227 e. The number of carbonyl (C=O) groups excluding carboxylic acids is 2. The Kier molecular flexibility index (Phi) is 2.23. The van der Waals surface area contributed by atoms with E-state index in [1.807, 2.05) is 18.7 Å². The summed E-state index contributed by atoms with van der Waals surface area (Å²) in [6.45, 7) is 4.54. The highest BCUT2D eigenvalue weighted by molar-refractivity contribution is 6.46. The van der Waals surface area contributed by atoms with Crippen molar-refractivity contribution >= 4 is 11.6 Å². The first-order chi connectivity index (χ1) is 7.06. The van der Waals surface area contributed by atoms with Gasteiger partial charge in [0.2, 0.25) is 11.6 Å². The predicted molar refractivity (Wildman–Crippen MR) is 54.0 cm³/mol. The highest BCUT2D eigenvalue weighted by atomic mass is 16.3. The van der Waals surface area contributed by atoms with Crippen molar-refractivity contribution in [3.8, 4) is 0 Å². The topological polar surface area (TPSA) is 57.6 Å². The van der Waals surface area contributed by atoms with E-state index in [2.05, 4.69) is 0 Å². The summed E-state index contributed by atoms with van der Waals surface area (Å²) in [5.41, 5.74) is 1.27. The maximum absolute atomic E-state index is 11.2. The fourth-order valence-electron chi connectivity index (χ4n) is 2.16. The van der Waals surface area contributed by atoms with Crippen molar-refractivity contribution in [2.24, 2.45) is 0 Å². The molecule has 2 atom stereocenters. The second-order valence-electron chi connectivity index (χ2n) is 3.83. The molecule has 2 unspecified atom stereocenters. The molecule has 1 aliphatic heterocycles. The predicted octanol–water partition coefficient (Wildman–Crippen LogP) is 0.0334. The number of aliphatic hydroxyl groups is 1. The maximum Gasteiger partial charge on any atom is 0.227 e. The summed E-state index contributed by atoms with van der Waals surface area (Å²) in [5.74, 6) is -1.05. The first-order valence-electron chi connectivity index (χ1n) is 5.03. The van der Waals surface area contributed by atoms with Crippen LogP contribution in [0.1, 0.15) is 13.8 Å². The molecule has 2 rings (SSSR count). The van der Waals surface area contributed by atoms with Gasteiger partial charge in [0.15, 0.2) is 0 Å². The number of fused-ring (bicyclic) bond motifs is 1. The van der Waals surface area contributed by atoms with Gasteiger partial charge in [0.1, 0.15) is 6.10 Å². The highest BCUT2D eigenvalue weighted by Gasteiger charge is 2.39. The molecule has 0 saturated carbocycles. The molecule has 1 aliphatic carbocycles. The molecule has 2 aliphatic rings. The number of aliphatic hydroxyl groups excluding tert-OH is 1. The van der Waals surface area contributed by atoms with Gasteiger partial charge in [-0.15, -0.1) is 0 Å². The van der Waals surface area contributed by atoms with Gasteiger partial charge in [0.25, 0.3) is 0 Å². The molecule has 1 saturated heterocycles. The van der Waals surface area contributed by atoms with Gasteiger partial charge in [-0.3, -0.25) is 9.59 Å². The molecule has 0 amide bonds. The van der Waals surface area contributed by atoms with E-state index in [0.717, 1.165) is 0 Å². The Balaban J connectivity index is 2.48. The Labute approximate surface area is 87.9 Å². The van der Waals surface area contributed by atoms with Crippen LogP contribution in [0, 0.1) is 0 Å². The molecule has 0 aromatic carbocycles. The molecule has 4 nitrogen and oxygen atoms in total. The monoisotopic (exact) mass is 207 g/mol. The molecule has 0 radical (unpaired) electrons. The maximum atomic E-state index is 11.2. The van der Waals surface area contributed by atoms with Gasteiger partial charge >= 0.3 is 0 Å². The van der Waals surface area contributed by atoms with E-state index in [1.165, 1.54) is 12.2 Å². The van der Waals surface area contributed by atoms with E-state index >= 15 is 0 Å². The van der Waals surface area contributed by atoms with Crippen molar-refractivity contribution in [3.05, 3.63) is 23.4 Å². The van der Waals surface area contributed by atoms with Gasteiger partial charge in [0, 0.05) is 23.9 Å². The Hall–Kier alpha value is -1.42. The minimum atomic E-state index is -0.673. The number of hydrogen-bond acceptors (Lipinski definition) is 4. The Bertz CT molecular complexity index is 395. The Morgan fingerprint density at radius 3 is 2.53 bits per heavy atom. The van der Waals surface area contributed by atoms with Crippen molar-refractivity contribution < 1.29 is 14.7 Å². The minimum absolute atomic E-state index is 0.0776. The van der Waals surface area contributed by atoms with Crippen LogP contribution in [0.25, 0.3) is 0 Å². The van der Waals surface area contributed by atoms with Crippen LogP contribution in [-0.2, 0) is 9.59 Å². The molecule has 0 bridgehead atoms. The fraction of sp³-hybridized carbons (Fsp3) is 0.455. The van der Waals surface area contributed by atoms with Crippen molar-refractivity contribution in [2.75, 3.05) is 6.54 Å². The molecule has 15 heavy (non-hydrogen) atoms. The second-order valence-corrected chi connectivity index (χ2v) is 3.83. The van der Waals surface area contributed by atoms with Crippen molar-refractivity contribution in [1.29, 1.82) is 0 Å². The molecular weight excluding hydrogens is 194 g/mol. The molecule has 0 aromatic rings. The van der Waals surface area contributed by atoms with Gasteiger partial charge in [-0.2, -0.15) is 0 Å². The molecule has 80 valence electrons. The summed E-state index contributed by atoms with van der Waals surface area (Å²) >= 11 is 0. The summed E-state index contributed by atoms with van der Waals surface area (Å²) in [6.07, 6.45) is 1.91. The van der Waals surface area contributed by atoms with Crippen LogP contribution in [0.5, 0.6) is 0 Å². The van der Waals surface area contributed by atoms with Crippen LogP contribution in [-0.4, -0.2) is 40.3 Å². The molecule has 1 N–H and O–H groups in total. The van der Waals surface area contributed by atoms with E-state index in [1.54, 1.807) is 0 Å². The lowest BCUT2D eigenvalue weighted by atomic mass is 9.99. The number of hydrogen-bond donors (Lipinski definition) is 1. The van der Waals surface area contributed by atoms with Gasteiger partial charge < -0.3 is 10.0 Å². The Morgan fingerprint density at radius 1 is 1.33 bits per heavy atom. The fourth-order valence-corrected chi connectivity index (χ4v) is 2.16. The third-order valence-corrected chi connectivity index (χ3v) is 3.01. The van der Waals surface area contributed by atoms with Gasteiger partial charge in [-0.05, 0) is 19.9 Å². The van der Waals surface area contributed by atoms with E-state index in [-0.39, 0.29) is 6.04 Å². The lowest BCUT2D eigenvalue weighted by Crippen LogP contribution is -2.31. The number of nitrogens with zero attached hydrogens (tertiary/aromatic N) is 1. The summed E-state index contributed by atoms with van der Waals surface area (Å²) in [5, 5.41) is 9.88. The van der Waals surface area contributed by atoms with E-state index in [9.17, 15) is 14.7 Å². The quantitative estimate of drug-likeness (QED) is 0.487. The van der Waals surface area contributed by atoms with Crippen molar-refractivity contribution in [3.63, 3.8) is 0 Å². The lowest BCUT2D eigenvalue weighted by Gasteiger charge is -2.23. The van der Waals surface area contributed by atoms with Crippen LogP contribution < -0.4 is 0 Å². The highest BCUT2D eigenvalue weighted by Crippen LogP contribution is 2.34. The number of carbonyl (C=O) groups is 2. The second kappa shape index (κ2) is 3.31. The molecule has 0 aromatic heterocycles. The number of allylic oxidation sites excluding steroid dienone is 2. The zero-order valence-corrected chi connectivity index (χ0v) is 8.73. The van der Waals surface area contributed by atoms with E-state index < -0.39 is 17.7 Å². The molecule has 0 spiro atoms. The standard InChI is InChI=1S/C11H13NO3/c1-3-12-6(2)11(15)7-4-9(13)10(14)5-8(7)12/h4-6,11,15H,3H2,1-2H3. The minimum Gasteiger partial charge on any atom is -0.386 e.